The number of hydrogen-bond donors (Lipinski definition) is 1. The van der Waals surface area contributed by atoms with E-state index < -0.39 is 5.41 Å². The summed E-state index contributed by atoms with van der Waals surface area (Å²) >= 11 is 0. The first kappa shape index (κ1) is 37.2. The number of hydrogen-bond acceptors (Lipinski definition) is 3. The van der Waals surface area contributed by atoms with Crippen molar-refractivity contribution in [1.82, 2.24) is 5.32 Å². The molecule has 10 aromatic carbocycles. The maximum Gasteiger partial charge on any atom is 0.159 e. The molecule has 1 atom stereocenters. The van der Waals surface area contributed by atoms with Gasteiger partial charge in [-0.3, -0.25) is 0 Å². The van der Waals surface area contributed by atoms with Crippen LogP contribution in [0.25, 0.3) is 66.4 Å². The third-order valence-electron chi connectivity index (χ3n) is 13.8. The Morgan fingerprint density at radius 3 is 1.51 bits per heavy atom. The van der Waals surface area contributed by atoms with E-state index in [4.69, 9.17) is 9.98 Å². The molecule has 1 unspecified atom stereocenters. The third kappa shape index (κ3) is 5.82. The summed E-state index contributed by atoms with van der Waals surface area (Å²) in [5, 5.41) is 6.14. The minimum Gasteiger partial charge on any atom is -0.344 e. The molecule has 1 aliphatic heterocycles. The van der Waals surface area contributed by atoms with E-state index in [9.17, 15) is 0 Å². The number of amidine groups is 2. The summed E-state index contributed by atoms with van der Waals surface area (Å²) in [5.41, 5.74) is 20.4. The molecule has 3 nitrogen and oxygen atoms in total. The van der Waals surface area contributed by atoms with Crippen LogP contribution in [0.15, 0.2) is 247 Å². The summed E-state index contributed by atoms with van der Waals surface area (Å²) in [5.74, 6) is 1.51. The quantitative estimate of drug-likeness (QED) is 0.178. The van der Waals surface area contributed by atoms with Crippen LogP contribution in [0.1, 0.15) is 45.1 Å². The second-order valence-electron chi connectivity index (χ2n) is 17.2. The molecule has 1 spiro atoms. The van der Waals surface area contributed by atoms with Crippen molar-refractivity contribution in [2.75, 3.05) is 0 Å². The molecule has 1 N–H and O–H groups in total. The van der Waals surface area contributed by atoms with Crippen LogP contribution in [0.3, 0.4) is 0 Å². The van der Waals surface area contributed by atoms with Gasteiger partial charge in [0.1, 0.15) is 12.0 Å². The van der Waals surface area contributed by atoms with Crippen LogP contribution in [-0.4, -0.2) is 11.7 Å². The lowest BCUT2D eigenvalue weighted by Gasteiger charge is -2.30. The largest absolute Gasteiger partial charge is 0.344 e. The molecule has 0 fully saturated rings. The molecular weight excluding hydrogens is 787 g/mol. The van der Waals surface area contributed by atoms with E-state index in [1.54, 1.807) is 0 Å². The molecule has 0 saturated heterocycles. The molecule has 10 aromatic rings. The Hall–Kier alpha value is -8.40. The summed E-state index contributed by atoms with van der Waals surface area (Å²) in [4.78, 5) is 10.3. The van der Waals surface area contributed by atoms with E-state index >= 15 is 0 Å². The van der Waals surface area contributed by atoms with Gasteiger partial charge >= 0.3 is 0 Å². The van der Waals surface area contributed by atoms with E-state index in [2.05, 4.69) is 218 Å². The Kier molecular flexibility index (Phi) is 8.50. The number of rotatable bonds is 6. The minimum absolute atomic E-state index is 0.334. The van der Waals surface area contributed by atoms with Gasteiger partial charge in [-0.2, -0.15) is 0 Å². The topological polar surface area (TPSA) is 36.8 Å². The molecular formula is C62H41N3. The maximum atomic E-state index is 5.22. The van der Waals surface area contributed by atoms with Crippen LogP contribution < -0.4 is 5.32 Å². The predicted octanol–water partition coefficient (Wildman–Crippen LogP) is 14.7. The molecule has 0 amide bonds. The Balaban J connectivity index is 0.919. The van der Waals surface area contributed by atoms with Crippen LogP contribution in [0.2, 0.25) is 0 Å². The first-order chi connectivity index (χ1) is 32.2. The lowest BCUT2D eigenvalue weighted by atomic mass is 9.70. The highest BCUT2D eigenvalue weighted by molar-refractivity contribution is 6.13. The summed E-state index contributed by atoms with van der Waals surface area (Å²) in [6.45, 7) is 0. The first-order valence-electron chi connectivity index (χ1n) is 22.4. The molecule has 13 rings (SSSR count). The Morgan fingerprint density at radius 2 is 0.846 bits per heavy atom. The van der Waals surface area contributed by atoms with Crippen molar-refractivity contribution >= 4 is 22.4 Å². The molecule has 3 heteroatoms. The highest BCUT2D eigenvalue weighted by atomic mass is 15.2. The molecule has 0 bridgehead atoms. The normalized spacial score (nSPS) is 15.0. The van der Waals surface area contributed by atoms with E-state index in [1.165, 1.54) is 83.1 Å². The predicted molar refractivity (Wildman–Crippen MR) is 268 cm³/mol. The van der Waals surface area contributed by atoms with Gasteiger partial charge in [0.2, 0.25) is 0 Å². The van der Waals surface area contributed by atoms with Gasteiger partial charge < -0.3 is 5.32 Å². The summed E-state index contributed by atoms with van der Waals surface area (Å²) in [6.07, 6.45) is -0.334. The van der Waals surface area contributed by atoms with Gasteiger partial charge in [-0.05, 0) is 100 Å². The van der Waals surface area contributed by atoms with Crippen molar-refractivity contribution in [3.8, 4) is 55.6 Å². The Bertz CT molecular complexity index is 3490. The van der Waals surface area contributed by atoms with Gasteiger partial charge in [0.25, 0.3) is 0 Å². The smallest absolute Gasteiger partial charge is 0.159 e. The molecule has 0 radical (unpaired) electrons. The van der Waals surface area contributed by atoms with Crippen molar-refractivity contribution < 1.29 is 0 Å². The van der Waals surface area contributed by atoms with E-state index in [0.717, 1.165) is 28.1 Å². The molecule has 0 aromatic heterocycles. The van der Waals surface area contributed by atoms with E-state index in [0.29, 0.717) is 5.84 Å². The van der Waals surface area contributed by atoms with Crippen LogP contribution in [0.4, 0.5) is 0 Å². The average Bonchev–Trinajstić information content (AvgIpc) is 3.86. The number of fused-ring (bicyclic) bond motifs is 11. The third-order valence-corrected chi connectivity index (χ3v) is 13.8. The molecule has 0 saturated carbocycles. The first-order valence-corrected chi connectivity index (χ1v) is 22.4. The average molecular weight is 828 g/mol. The van der Waals surface area contributed by atoms with Crippen LogP contribution in [0, 0.1) is 0 Å². The molecule has 304 valence electrons. The molecule has 3 aliphatic rings. The van der Waals surface area contributed by atoms with Gasteiger partial charge in [0.05, 0.1) is 5.41 Å². The van der Waals surface area contributed by atoms with E-state index in [1.807, 2.05) is 24.3 Å². The fourth-order valence-corrected chi connectivity index (χ4v) is 10.9. The second-order valence-corrected chi connectivity index (χ2v) is 17.2. The minimum atomic E-state index is -0.411. The Morgan fingerprint density at radius 1 is 0.354 bits per heavy atom. The lowest BCUT2D eigenvalue weighted by Crippen LogP contribution is -2.33. The highest BCUT2D eigenvalue weighted by Gasteiger charge is 2.51. The monoisotopic (exact) mass is 827 g/mol. The number of aliphatic imine (C=N–C) groups is 2. The summed E-state index contributed by atoms with van der Waals surface area (Å²) in [6, 6.07) is 86.0. The zero-order valence-electron chi connectivity index (χ0n) is 35.5. The standard InChI is InChI=1S/C62H41N3/c1-3-15-40(16-4-1)41-27-31-45(32-28-41)60-63-59(44-18-5-2-6-19-44)64-61(65-60)46-33-29-43(30-34-46)58-48-20-8-7-17-42(48)35-37-49(58)47-36-38-53-52-23-11-14-26-56(52)62(57(53)39-47)54-24-12-9-21-50(54)51-22-10-13-25-55(51)62/h1-39,61H,(H,63,64,65). The zero-order valence-corrected chi connectivity index (χ0v) is 35.5. The maximum absolute atomic E-state index is 5.22. The van der Waals surface area contributed by atoms with Gasteiger partial charge in [-0.15, -0.1) is 0 Å². The number of nitrogens with one attached hydrogen (secondary N) is 1. The molecule has 1 heterocycles. The summed E-state index contributed by atoms with van der Waals surface area (Å²) in [7, 11) is 0. The van der Waals surface area contributed by atoms with Crippen LogP contribution >= 0.6 is 0 Å². The van der Waals surface area contributed by atoms with E-state index in [-0.39, 0.29) is 6.17 Å². The number of nitrogens with zero attached hydrogens (tertiary/aromatic N) is 2. The Labute approximate surface area is 378 Å². The molecule has 2 aliphatic carbocycles. The second kappa shape index (κ2) is 14.9. The summed E-state index contributed by atoms with van der Waals surface area (Å²) < 4.78 is 0. The van der Waals surface area contributed by atoms with Crippen LogP contribution in [0.5, 0.6) is 0 Å². The van der Waals surface area contributed by atoms with Gasteiger partial charge in [-0.1, -0.05) is 231 Å². The van der Waals surface area contributed by atoms with Gasteiger partial charge in [0.15, 0.2) is 5.84 Å². The van der Waals surface area contributed by atoms with Crippen molar-refractivity contribution in [3.63, 3.8) is 0 Å². The van der Waals surface area contributed by atoms with Crippen molar-refractivity contribution in [1.29, 1.82) is 0 Å². The lowest BCUT2D eigenvalue weighted by molar-refractivity contribution is 0.674. The molecule has 65 heavy (non-hydrogen) atoms. The zero-order chi connectivity index (χ0) is 42.9. The fraction of sp³-hybridized carbons (Fsp3) is 0.0323. The SMILES string of the molecule is c1ccc(C2=NC(c3ccc(-c4c(-c5ccc6c(c5)C5(c7ccccc7-c7ccccc75)c5ccccc5-6)ccc5ccccc45)cc3)NC(c3ccc(-c4ccccc4)cc3)=N2)cc1. The van der Waals surface area contributed by atoms with Gasteiger partial charge in [-0.25, -0.2) is 9.98 Å². The van der Waals surface area contributed by atoms with Gasteiger partial charge in [0, 0.05) is 11.1 Å². The number of benzene rings is 10. The van der Waals surface area contributed by atoms with Crippen LogP contribution in [-0.2, 0) is 5.41 Å². The van der Waals surface area contributed by atoms with Crippen molar-refractivity contribution in [2.24, 2.45) is 9.98 Å². The highest BCUT2D eigenvalue weighted by Crippen LogP contribution is 2.63. The van der Waals surface area contributed by atoms with Crippen molar-refractivity contribution in [3.05, 3.63) is 276 Å². The van der Waals surface area contributed by atoms with Crippen molar-refractivity contribution in [2.45, 2.75) is 11.6 Å². The fourth-order valence-electron chi connectivity index (χ4n) is 10.9.